The van der Waals surface area contributed by atoms with Crippen molar-refractivity contribution < 1.29 is 11.2 Å². The number of rotatable bonds is 1. The topological polar surface area (TPSA) is 61.4 Å². The Bertz CT molecular complexity index is 1620. The molecule has 0 radical (unpaired) electrons. The number of aromatic nitrogens is 6. The van der Waals surface area contributed by atoms with Gasteiger partial charge in [-0.3, -0.25) is 0 Å². The quantitative estimate of drug-likeness (QED) is 0.0973. The molecule has 13 heteroatoms. The summed E-state index contributed by atoms with van der Waals surface area (Å²) in [6.07, 6.45) is 7.30. The number of hydrogen-bond acceptors (Lipinski definition) is 4. The van der Waals surface area contributed by atoms with Crippen LogP contribution in [0.3, 0.4) is 0 Å². The minimum absolute atomic E-state index is 0. The molecule has 0 aliphatic rings. The molecule has 0 atom stereocenters. The molecule has 213 valence electrons. The SMILES string of the molecule is C.Clc1ccnc(Cl)n1.Cn1cc(-c2ccnc(Cl)n2)c2ccccc21.Cn1ccc2ccccc21.[Cl][Fe]([Cl])[Cl]. The average molecular weight is 702 g/mol. The Hall–Kier alpha value is -2.06. The predicted molar refractivity (Wildman–Crippen MR) is 168 cm³/mol. The van der Waals surface area contributed by atoms with Crippen LogP contribution >= 0.6 is 65.1 Å². The maximum atomic E-state index is 5.82. The molecule has 0 amide bonds. The summed E-state index contributed by atoms with van der Waals surface area (Å²) in [5.74, 6) is 0. The second-order valence-electron chi connectivity index (χ2n) is 7.67. The van der Waals surface area contributed by atoms with E-state index in [1.165, 1.54) is 28.0 Å². The van der Waals surface area contributed by atoms with Crippen molar-refractivity contribution in [2.75, 3.05) is 0 Å². The van der Waals surface area contributed by atoms with Crippen molar-refractivity contribution in [3.05, 3.63) is 107 Å². The molecule has 0 saturated heterocycles. The third kappa shape index (κ3) is 10.4. The van der Waals surface area contributed by atoms with Crippen LogP contribution in [0.5, 0.6) is 0 Å². The monoisotopic (exact) mass is 699 g/mol. The summed E-state index contributed by atoms with van der Waals surface area (Å²) in [6.45, 7) is 0. The van der Waals surface area contributed by atoms with Gasteiger partial charge >= 0.3 is 41.5 Å². The molecule has 40 heavy (non-hydrogen) atoms. The van der Waals surface area contributed by atoms with Gasteiger partial charge in [0, 0.05) is 60.9 Å². The minimum atomic E-state index is -1.33. The second kappa shape index (κ2) is 17.0. The van der Waals surface area contributed by atoms with E-state index in [4.69, 9.17) is 65.1 Å². The number of aryl methyl sites for hydroxylation is 2. The molecule has 6 aromatic rings. The maximum absolute atomic E-state index is 5.82. The van der Waals surface area contributed by atoms with Gasteiger partial charge in [0.15, 0.2) is 0 Å². The molecule has 4 heterocycles. The van der Waals surface area contributed by atoms with Gasteiger partial charge in [-0.1, -0.05) is 55.4 Å². The summed E-state index contributed by atoms with van der Waals surface area (Å²) in [5, 5.41) is 3.30. The van der Waals surface area contributed by atoms with E-state index >= 15 is 0 Å². The van der Waals surface area contributed by atoms with Gasteiger partial charge in [0.1, 0.15) is 5.15 Å². The van der Waals surface area contributed by atoms with Crippen molar-refractivity contribution in [2.24, 2.45) is 14.1 Å². The molecule has 6 nitrogen and oxygen atoms in total. The fourth-order valence-electron chi connectivity index (χ4n) is 3.57. The van der Waals surface area contributed by atoms with Crippen molar-refractivity contribution in [2.45, 2.75) is 7.43 Å². The van der Waals surface area contributed by atoms with Crippen LogP contribution in [0, 0.1) is 0 Å². The van der Waals surface area contributed by atoms with Gasteiger partial charge in [0.25, 0.3) is 0 Å². The number of benzene rings is 2. The fourth-order valence-corrected chi connectivity index (χ4v) is 4.04. The molecule has 0 aliphatic carbocycles. The van der Waals surface area contributed by atoms with E-state index in [0.29, 0.717) is 5.15 Å². The molecule has 6 rings (SSSR count). The van der Waals surface area contributed by atoms with Crippen LogP contribution in [0.15, 0.2) is 91.5 Å². The molecule has 2 aromatic carbocycles. The Labute approximate surface area is 265 Å². The third-order valence-electron chi connectivity index (χ3n) is 5.19. The number of fused-ring (bicyclic) bond motifs is 2. The van der Waals surface area contributed by atoms with Crippen LogP contribution in [0.25, 0.3) is 33.1 Å². The van der Waals surface area contributed by atoms with Gasteiger partial charge < -0.3 is 9.13 Å². The number of nitrogens with zero attached hydrogens (tertiary/aromatic N) is 6. The van der Waals surface area contributed by atoms with Gasteiger partial charge in [-0.05, 0) is 58.9 Å². The predicted octanol–water partition coefficient (Wildman–Crippen LogP) is 9.95. The number of halogens is 6. The zero-order valence-electron chi connectivity index (χ0n) is 20.5. The van der Waals surface area contributed by atoms with Crippen LogP contribution in [0.4, 0.5) is 0 Å². The van der Waals surface area contributed by atoms with Crippen LogP contribution < -0.4 is 0 Å². The Kier molecular flexibility index (Phi) is 14.5. The van der Waals surface area contributed by atoms with Crippen LogP contribution in [0.2, 0.25) is 15.7 Å². The Morgan fingerprint density at radius 2 is 1.25 bits per heavy atom. The third-order valence-corrected chi connectivity index (χ3v) is 5.76. The summed E-state index contributed by atoms with van der Waals surface area (Å²) in [4.78, 5) is 15.4. The zero-order chi connectivity index (χ0) is 28.4. The summed E-state index contributed by atoms with van der Waals surface area (Å²) < 4.78 is 4.20. The van der Waals surface area contributed by atoms with Crippen molar-refractivity contribution in [1.82, 2.24) is 29.1 Å². The van der Waals surface area contributed by atoms with E-state index in [9.17, 15) is 0 Å². The van der Waals surface area contributed by atoms with E-state index in [0.717, 1.165) is 11.3 Å². The summed E-state index contributed by atoms with van der Waals surface area (Å²) in [6, 6.07) is 22.1. The molecule has 4 aromatic heterocycles. The van der Waals surface area contributed by atoms with Gasteiger partial charge in [0.2, 0.25) is 10.6 Å². The van der Waals surface area contributed by atoms with Crippen LogP contribution in [-0.2, 0) is 25.3 Å². The molecular formula is C27H25Cl6FeN6. The van der Waals surface area contributed by atoms with Crippen molar-refractivity contribution >= 4 is 86.9 Å². The average Bonchev–Trinajstić information content (AvgIpc) is 3.45. The van der Waals surface area contributed by atoms with E-state index < -0.39 is 11.2 Å². The summed E-state index contributed by atoms with van der Waals surface area (Å²) >= 11 is 15.2. The van der Waals surface area contributed by atoms with E-state index in [1.54, 1.807) is 12.3 Å². The van der Waals surface area contributed by atoms with E-state index in [1.807, 2.05) is 25.2 Å². The summed E-state index contributed by atoms with van der Waals surface area (Å²) in [7, 11) is 18.7. The first-order chi connectivity index (χ1) is 18.7. The first-order valence-corrected chi connectivity index (χ1v) is 16.7. The Morgan fingerprint density at radius 1 is 0.675 bits per heavy atom. The molecule has 0 fully saturated rings. The molecule has 0 saturated carbocycles. The molecular weight excluding hydrogens is 677 g/mol. The van der Waals surface area contributed by atoms with Crippen molar-refractivity contribution in [3.63, 3.8) is 0 Å². The number of para-hydroxylation sites is 2. The normalized spacial score (nSPS) is 10.2. The van der Waals surface area contributed by atoms with Gasteiger partial charge in [-0.25, -0.2) is 19.9 Å². The van der Waals surface area contributed by atoms with E-state index in [2.05, 4.69) is 91.0 Å². The second-order valence-corrected chi connectivity index (χ2v) is 14.2. The van der Waals surface area contributed by atoms with Gasteiger partial charge in [-0.15, -0.1) is 0 Å². The van der Waals surface area contributed by atoms with Crippen LogP contribution in [-0.4, -0.2) is 29.1 Å². The molecule has 0 aliphatic heterocycles. The fraction of sp³-hybridized carbons (Fsp3) is 0.111. The molecule has 0 bridgehead atoms. The Morgan fingerprint density at radius 3 is 1.82 bits per heavy atom. The first-order valence-electron chi connectivity index (χ1n) is 11.0. The van der Waals surface area contributed by atoms with Gasteiger partial charge in [0.05, 0.1) is 5.69 Å². The van der Waals surface area contributed by atoms with Gasteiger partial charge in [-0.2, -0.15) is 0 Å². The van der Waals surface area contributed by atoms with Crippen molar-refractivity contribution in [3.8, 4) is 11.3 Å². The zero-order valence-corrected chi connectivity index (χ0v) is 26.1. The first kappa shape index (κ1) is 34.1. The molecule has 0 spiro atoms. The van der Waals surface area contributed by atoms with Crippen LogP contribution in [0.1, 0.15) is 7.43 Å². The van der Waals surface area contributed by atoms with E-state index in [-0.39, 0.29) is 18.0 Å². The van der Waals surface area contributed by atoms with Crippen molar-refractivity contribution in [1.29, 1.82) is 0 Å². The Balaban J connectivity index is 0.000000209. The molecule has 0 unspecified atom stereocenters. The molecule has 0 N–H and O–H groups in total. The number of hydrogen-bond donors (Lipinski definition) is 0. The summed E-state index contributed by atoms with van der Waals surface area (Å²) in [5.41, 5.74) is 4.40. The standard InChI is InChI=1S/C13H10ClN3.C9H9N.C4H2Cl2N2.CH4.3ClH.Fe/c1-17-8-10(9-4-2-3-5-12(9)17)11-6-7-15-13(14)16-11;1-10-7-6-8-4-2-3-5-9(8)10;5-3-1-2-7-4(6)8-3;;;;;/h2-8H,1H3;2-7H,1H3;1-2H;1H4;3*1H;/q;;;;;;;+3/p-3.